The van der Waals surface area contributed by atoms with Crippen molar-refractivity contribution in [1.29, 1.82) is 0 Å². The Morgan fingerprint density at radius 1 is 1.53 bits per heavy atom. The molecule has 1 heterocycles. The Balaban J connectivity index is 1.78. The van der Waals surface area contributed by atoms with Gasteiger partial charge in [-0.15, -0.1) is 0 Å². The maximum atomic E-state index is 12.1. The van der Waals surface area contributed by atoms with Crippen LogP contribution in [0, 0.1) is 5.41 Å². The molecule has 1 aromatic heterocycles. The van der Waals surface area contributed by atoms with Crippen LogP contribution in [0.3, 0.4) is 0 Å². The van der Waals surface area contributed by atoms with Crippen molar-refractivity contribution >= 4 is 11.9 Å². The van der Waals surface area contributed by atoms with E-state index in [0.717, 1.165) is 30.5 Å². The lowest BCUT2D eigenvalue weighted by Crippen LogP contribution is -2.40. The Labute approximate surface area is 110 Å². The van der Waals surface area contributed by atoms with Crippen LogP contribution in [0.15, 0.2) is 6.20 Å². The average Bonchev–Trinajstić information content (AvgIpc) is 3.11. The predicted molar refractivity (Wildman–Crippen MR) is 66.3 cm³/mol. The van der Waals surface area contributed by atoms with Gasteiger partial charge in [-0.3, -0.25) is 14.3 Å². The van der Waals surface area contributed by atoms with Gasteiger partial charge < -0.3 is 10.4 Å². The molecule has 1 unspecified atom stereocenters. The molecule has 6 nitrogen and oxygen atoms in total. The predicted octanol–water partition coefficient (Wildman–Crippen LogP) is 0.778. The van der Waals surface area contributed by atoms with Gasteiger partial charge in [0.25, 0.3) is 0 Å². The average molecular weight is 263 g/mol. The smallest absolute Gasteiger partial charge is 0.319 e. The van der Waals surface area contributed by atoms with E-state index >= 15 is 0 Å². The van der Waals surface area contributed by atoms with E-state index in [1.807, 2.05) is 11.7 Å². The SMILES string of the molecule is Cn1ncc2c1CCCC2NC(=O)C1(C(=O)O)CC1. The molecule has 0 radical (unpaired) electrons. The van der Waals surface area contributed by atoms with Gasteiger partial charge in [0.2, 0.25) is 5.91 Å². The molecular formula is C13H17N3O3. The van der Waals surface area contributed by atoms with E-state index in [2.05, 4.69) is 10.4 Å². The number of nitrogens with one attached hydrogen (secondary N) is 1. The molecule has 19 heavy (non-hydrogen) atoms. The minimum Gasteiger partial charge on any atom is -0.480 e. The second kappa shape index (κ2) is 4.08. The summed E-state index contributed by atoms with van der Waals surface area (Å²) in [6, 6.07) is -0.0956. The van der Waals surface area contributed by atoms with Crippen LogP contribution in [-0.4, -0.2) is 26.8 Å². The largest absolute Gasteiger partial charge is 0.480 e. The molecule has 102 valence electrons. The second-order valence-corrected chi connectivity index (χ2v) is 5.48. The molecule has 1 saturated carbocycles. The van der Waals surface area contributed by atoms with Crippen LogP contribution in [0.2, 0.25) is 0 Å². The molecule has 0 saturated heterocycles. The number of fused-ring (bicyclic) bond motifs is 1. The summed E-state index contributed by atoms with van der Waals surface area (Å²) in [5, 5.41) is 16.2. The Bertz CT molecular complexity index is 545. The van der Waals surface area contributed by atoms with Crippen LogP contribution in [0.1, 0.15) is 43.0 Å². The zero-order chi connectivity index (χ0) is 13.6. The van der Waals surface area contributed by atoms with E-state index in [0.29, 0.717) is 12.8 Å². The topological polar surface area (TPSA) is 84.2 Å². The van der Waals surface area contributed by atoms with Crippen LogP contribution in [-0.2, 0) is 23.1 Å². The van der Waals surface area contributed by atoms with E-state index in [1.54, 1.807) is 6.20 Å². The Morgan fingerprint density at radius 2 is 2.26 bits per heavy atom. The van der Waals surface area contributed by atoms with Crippen LogP contribution >= 0.6 is 0 Å². The fraction of sp³-hybridized carbons (Fsp3) is 0.615. The zero-order valence-corrected chi connectivity index (χ0v) is 10.8. The molecule has 1 amide bonds. The number of rotatable bonds is 3. The van der Waals surface area contributed by atoms with E-state index in [1.165, 1.54) is 0 Å². The van der Waals surface area contributed by atoms with Crippen LogP contribution in [0.4, 0.5) is 0 Å². The summed E-state index contributed by atoms with van der Waals surface area (Å²) in [5.41, 5.74) is 1.000. The fourth-order valence-electron chi connectivity index (χ4n) is 2.82. The van der Waals surface area contributed by atoms with Gasteiger partial charge in [-0.05, 0) is 32.1 Å². The number of aromatic nitrogens is 2. The van der Waals surface area contributed by atoms with Gasteiger partial charge in [-0.2, -0.15) is 5.10 Å². The first-order chi connectivity index (χ1) is 9.04. The minimum absolute atomic E-state index is 0.0956. The minimum atomic E-state index is -1.17. The Morgan fingerprint density at radius 3 is 2.89 bits per heavy atom. The molecule has 1 aromatic rings. The van der Waals surface area contributed by atoms with Gasteiger partial charge in [0.1, 0.15) is 5.41 Å². The number of hydrogen-bond acceptors (Lipinski definition) is 3. The van der Waals surface area contributed by atoms with E-state index in [4.69, 9.17) is 5.11 Å². The lowest BCUT2D eigenvalue weighted by molar-refractivity contribution is -0.149. The third kappa shape index (κ3) is 1.82. The summed E-state index contributed by atoms with van der Waals surface area (Å²) in [5.74, 6) is -1.35. The van der Waals surface area contributed by atoms with E-state index in [9.17, 15) is 9.59 Å². The van der Waals surface area contributed by atoms with Crippen molar-refractivity contribution in [2.75, 3.05) is 0 Å². The maximum Gasteiger partial charge on any atom is 0.319 e. The maximum absolute atomic E-state index is 12.1. The van der Waals surface area contributed by atoms with Gasteiger partial charge in [-0.25, -0.2) is 0 Å². The second-order valence-electron chi connectivity index (χ2n) is 5.48. The van der Waals surface area contributed by atoms with Crippen LogP contribution < -0.4 is 5.32 Å². The van der Waals surface area contributed by atoms with Crippen molar-refractivity contribution < 1.29 is 14.7 Å². The van der Waals surface area contributed by atoms with E-state index in [-0.39, 0.29) is 11.9 Å². The molecule has 0 spiro atoms. The lowest BCUT2D eigenvalue weighted by atomic mass is 9.92. The fourth-order valence-corrected chi connectivity index (χ4v) is 2.82. The number of carbonyl (C=O) groups excluding carboxylic acids is 1. The number of carbonyl (C=O) groups is 2. The number of nitrogens with zero attached hydrogens (tertiary/aromatic N) is 2. The number of carboxylic acid groups (broad SMARTS) is 1. The first-order valence-electron chi connectivity index (χ1n) is 6.60. The molecule has 1 atom stereocenters. The highest BCUT2D eigenvalue weighted by molar-refractivity contribution is 6.04. The van der Waals surface area contributed by atoms with Gasteiger partial charge in [-0.1, -0.05) is 0 Å². The third-order valence-electron chi connectivity index (χ3n) is 4.28. The molecule has 2 aliphatic carbocycles. The third-order valence-corrected chi connectivity index (χ3v) is 4.28. The van der Waals surface area contributed by atoms with E-state index < -0.39 is 11.4 Å². The van der Waals surface area contributed by atoms with Crippen molar-refractivity contribution in [2.45, 2.75) is 38.1 Å². The summed E-state index contributed by atoms with van der Waals surface area (Å²) in [6.45, 7) is 0. The summed E-state index contributed by atoms with van der Waals surface area (Å²) in [6.07, 6.45) is 5.46. The summed E-state index contributed by atoms with van der Waals surface area (Å²) >= 11 is 0. The van der Waals surface area contributed by atoms with Gasteiger partial charge >= 0.3 is 5.97 Å². The lowest BCUT2D eigenvalue weighted by Gasteiger charge is -2.25. The standard InChI is InChI=1S/C13H17N3O3/c1-16-10-4-2-3-9(8(10)7-14-16)15-11(17)13(5-6-13)12(18)19/h7,9H,2-6H2,1H3,(H,15,17)(H,18,19). The quantitative estimate of drug-likeness (QED) is 0.789. The molecule has 6 heteroatoms. The highest BCUT2D eigenvalue weighted by atomic mass is 16.4. The molecule has 1 fully saturated rings. The Kier molecular flexibility index (Phi) is 2.62. The van der Waals surface area contributed by atoms with Crippen molar-refractivity contribution in [3.8, 4) is 0 Å². The monoisotopic (exact) mass is 263 g/mol. The molecule has 3 rings (SSSR count). The first-order valence-corrected chi connectivity index (χ1v) is 6.60. The highest BCUT2D eigenvalue weighted by Crippen LogP contribution is 2.46. The summed E-state index contributed by atoms with van der Waals surface area (Å²) in [7, 11) is 1.89. The van der Waals surface area contributed by atoms with Crippen molar-refractivity contribution in [3.63, 3.8) is 0 Å². The Hall–Kier alpha value is -1.85. The molecular weight excluding hydrogens is 246 g/mol. The van der Waals surface area contributed by atoms with Crippen molar-refractivity contribution in [3.05, 3.63) is 17.5 Å². The van der Waals surface area contributed by atoms with Crippen molar-refractivity contribution in [1.82, 2.24) is 15.1 Å². The van der Waals surface area contributed by atoms with Crippen LogP contribution in [0.5, 0.6) is 0 Å². The number of hydrogen-bond donors (Lipinski definition) is 2. The highest BCUT2D eigenvalue weighted by Gasteiger charge is 2.57. The number of aliphatic carboxylic acids is 1. The summed E-state index contributed by atoms with van der Waals surface area (Å²) < 4.78 is 1.83. The molecule has 0 aliphatic heterocycles. The van der Waals surface area contributed by atoms with Crippen molar-refractivity contribution in [2.24, 2.45) is 12.5 Å². The molecule has 2 aliphatic rings. The first kappa shape index (κ1) is 12.2. The van der Waals surface area contributed by atoms with Crippen LogP contribution in [0.25, 0.3) is 0 Å². The van der Waals surface area contributed by atoms with Gasteiger partial charge in [0.15, 0.2) is 0 Å². The number of aryl methyl sites for hydroxylation is 1. The van der Waals surface area contributed by atoms with Gasteiger partial charge in [0.05, 0.1) is 12.2 Å². The normalized spacial score (nSPS) is 23.5. The summed E-state index contributed by atoms with van der Waals surface area (Å²) in [4.78, 5) is 23.3. The number of carboxylic acids is 1. The van der Waals surface area contributed by atoms with Gasteiger partial charge in [0, 0.05) is 18.3 Å². The number of amides is 1. The zero-order valence-electron chi connectivity index (χ0n) is 10.8. The molecule has 0 aromatic carbocycles. The molecule has 0 bridgehead atoms. The molecule has 2 N–H and O–H groups in total.